The first kappa shape index (κ1) is 25.2. The Morgan fingerprint density at radius 1 is 0.829 bits per heavy atom. The van der Waals surface area contributed by atoms with Crippen molar-refractivity contribution >= 4 is 35.3 Å². The lowest BCUT2D eigenvalue weighted by atomic mass is 10.1. The van der Waals surface area contributed by atoms with E-state index in [0.717, 1.165) is 27.9 Å². The van der Waals surface area contributed by atoms with E-state index in [1.165, 1.54) is 6.21 Å². The van der Waals surface area contributed by atoms with E-state index in [0.29, 0.717) is 17.0 Å². The fraction of sp³-hybridized carbons (Fsp3) is 0.185. The molecule has 8 heteroatoms. The van der Waals surface area contributed by atoms with Crippen LogP contribution in [0.2, 0.25) is 0 Å². The van der Waals surface area contributed by atoms with E-state index in [1.54, 1.807) is 24.3 Å². The van der Waals surface area contributed by atoms with Crippen molar-refractivity contribution in [3.63, 3.8) is 0 Å². The van der Waals surface area contributed by atoms with Crippen molar-refractivity contribution in [3.8, 4) is 5.75 Å². The van der Waals surface area contributed by atoms with E-state index < -0.39 is 11.8 Å². The SMILES string of the molecule is Cc1ccc(NC(=O)COc2ccccc2/C=N\NC(=O)C(=O)Nc2c(C)cccc2C)c(C)c1. The van der Waals surface area contributed by atoms with E-state index >= 15 is 0 Å². The second-order valence-electron chi connectivity index (χ2n) is 8.11. The highest BCUT2D eigenvalue weighted by atomic mass is 16.5. The number of carbonyl (C=O) groups excluding carboxylic acids is 3. The number of aryl methyl sites for hydroxylation is 4. The van der Waals surface area contributed by atoms with Gasteiger partial charge in [-0.1, -0.05) is 48.0 Å². The number of hydrogen-bond acceptors (Lipinski definition) is 5. The van der Waals surface area contributed by atoms with Crippen molar-refractivity contribution in [2.45, 2.75) is 27.7 Å². The summed E-state index contributed by atoms with van der Waals surface area (Å²) in [7, 11) is 0. The predicted octanol–water partition coefficient (Wildman–Crippen LogP) is 4.03. The van der Waals surface area contributed by atoms with E-state index in [4.69, 9.17) is 4.74 Å². The van der Waals surface area contributed by atoms with Gasteiger partial charge in [-0.3, -0.25) is 14.4 Å². The number of hydrazone groups is 1. The zero-order chi connectivity index (χ0) is 25.4. The maximum atomic E-state index is 12.3. The lowest BCUT2D eigenvalue weighted by Gasteiger charge is -2.11. The summed E-state index contributed by atoms with van der Waals surface area (Å²) in [4.78, 5) is 36.7. The summed E-state index contributed by atoms with van der Waals surface area (Å²) < 4.78 is 5.65. The maximum absolute atomic E-state index is 12.3. The Balaban J connectivity index is 1.56. The molecule has 0 aromatic heterocycles. The fourth-order valence-electron chi connectivity index (χ4n) is 3.40. The summed E-state index contributed by atoms with van der Waals surface area (Å²) in [5, 5.41) is 9.29. The molecule has 0 atom stereocenters. The summed E-state index contributed by atoms with van der Waals surface area (Å²) in [5.74, 6) is -1.64. The lowest BCUT2D eigenvalue weighted by Crippen LogP contribution is -2.32. The second-order valence-corrected chi connectivity index (χ2v) is 8.11. The standard InChI is InChI=1S/C27H28N4O4/c1-17-12-13-22(20(4)14-17)29-24(32)16-35-23-11-6-5-10-21(23)15-28-31-27(34)26(33)30-25-18(2)8-7-9-19(25)3/h5-15H,16H2,1-4H3,(H,29,32)(H,30,33)(H,31,34)/b28-15-. The average Bonchev–Trinajstić information content (AvgIpc) is 2.82. The smallest absolute Gasteiger partial charge is 0.329 e. The third-order valence-electron chi connectivity index (χ3n) is 5.23. The summed E-state index contributed by atoms with van der Waals surface area (Å²) in [6.07, 6.45) is 1.35. The average molecular weight is 473 g/mol. The second kappa shape index (κ2) is 11.6. The van der Waals surface area contributed by atoms with Crippen LogP contribution in [-0.4, -0.2) is 30.5 Å². The van der Waals surface area contributed by atoms with Gasteiger partial charge in [0.15, 0.2) is 6.61 Å². The molecule has 8 nitrogen and oxygen atoms in total. The maximum Gasteiger partial charge on any atom is 0.329 e. The molecular formula is C27H28N4O4. The van der Waals surface area contributed by atoms with Crippen LogP contribution >= 0.6 is 0 Å². The zero-order valence-electron chi connectivity index (χ0n) is 20.1. The van der Waals surface area contributed by atoms with Crippen LogP contribution in [0.25, 0.3) is 0 Å². The highest BCUT2D eigenvalue weighted by molar-refractivity contribution is 6.39. The zero-order valence-corrected chi connectivity index (χ0v) is 20.1. The number of amides is 3. The quantitative estimate of drug-likeness (QED) is 0.274. The molecule has 0 aliphatic carbocycles. The van der Waals surface area contributed by atoms with Crippen LogP contribution in [0.4, 0.5) is 11.4 Å². The molecule has 0 heterocycles. The van der Waals surface area contributed by atoms with Gasteiger partial charge in [-0.05, 0) is 62.6 Å². The van der Waals surface area contributed by atoms with Gasteiger partial charge in [0, 0.05) is 16.9 Å². The number of ether oxygens (including phenoxy) is 1. The molecule has 0 saturated heterocycles. The van der Waals surface area contributed by atoms with Crippen molar-refractivity contribution in [2.24, 2.45) is 5.10 Å². The molecule has 0 fully saturated rings. The Labute approximate surface area is 204 Å². The van der Waals surface area contributed by atoms with Crippen molar-refractivity contribution in [3.05, 3.63) is 88.5 Å². The molecule has 0 aliphatic rings. The number of para-hydroxylation sites is 2. The van der Waals surface area contributed by atoms with Crippen molar-refractivity contribution in [1.29, 1.82) is 0 Å². The lowest BCUT2D eigenvalue weighted by molar-refractivity contribution is -0.136. The summed E-state index contributed by atoms with van der Waals surface area (Å²) in [6, 6.07) is 18.2. The summed E-state index contributed by atoms with van der Waals surface area (Å²) >= 11 is 0. The number of carbonyl (C=O) groups is 3. The molecule has 3 rings (SSSR count). The van der Waals surface area contributed by atoms with Crippen LogP contribution in [0.5, 0.6) is 5.75 Å². The molecule has 3 aromatic carbocycles. The first-order valence-electron chi connectivity index (χ1n) is 11.0. The van der Waals surface area contributed by atoms with Gasteiger partial charge >= 0.3 is 11.8 Å². The molecule has 0 spiro atoms. The van der Waals surface area contributed by atoms with Gasteiger partial charge in [0.2, 0.25) is 0 Å². The molecule has 35 heavy (non-hydrogen) atoms. The molecule has 3 amide bonds. The van der Waals surface area contributed by atoms with E-state index in [-0.39, 0.29) is 12.5 Å². The minimum absolute atomic E-state index is 0.206. The Morgan fingerprint density at radius 2 is 1.54 bits per heavy atom. The van der Waals surface area contributed by atoms with Crippen LogP contribution in [0.15, 0.2) is 65.8 Å². The minimum atomic E-state index is -0.907. The molecule has 0 saturated carbocycles. The third-order valence-corrected chi connectivity index (χ3v) is 5.23. The number of hydrogen-bond donors (Lipinski definition) is 3. The molecule has 180 valence electrons. The van der Waals surface area contributed by atoms with Gasteiger partial charge in [0.1, 0.15) is 5.75 Å². The molecule has 0 radical (unpaired) electrons. The highest BCUT2D eigenvalue weighted by Crippen LogP contribution is 2.20. The number of benzene rings is 3. The first-order valence-corrected chi connectivity index (χ1v) is 11.0. The van der Waals surface area contributed by atoms with E-state index in [2.05, 4.69) is 21.2 Å². The number of nitrogens with zero attached hydrogens (tertiary/aromatic N) is 1. The van der Waals surface area contributed by atoms with Gasteiger partial charge < -0.3 is 15.4 Å². The Morgan fingerprint density at radius 3 is 2.26 bits per heavy atom. The molecule has 3 N–H and O–H groups in total. The highest BCUT2D eigenvalue weighted by Gasteiger charge is 2.15. The molecular weight excluding hydrogens is 444 g/mol. The van der Waals surface area contributed by atoms with Crippen LogP contribution in [0.1, 0.15) is 27.8 Å². The van der Waals surface area contributed by atoms with Crippen molar-refractivity contribution in [1.82, 2.24) is 5.43 Å². The Kier molecular flexibility index (Phi) is 8.34. The normalized spacial score (nSPS) is 10.6. The van der Waals surface area contributed by atoms with Crippen molar-refractivity contribution < 1.29 is 19.1 Å². The van der Waals surface area contributed by atoms with E-state index in [1.807, 2.05) is 64.1 Å². The van der Waals surface area contributed by atoms with Gasteiger partial charge in [0.05, 0.1) is 6.21 Å². The van der Waals surface area contributed by atoms with Crippen LogP contribution < -0.4 is 20.8 Å². The summed E-state index contributed by atoms with van der Waals surface area (Å²) in [5.41, 5.74) is 7.83. The molecule has 0 aliphatic heterocycles. The number of anilines is 2. The van der Waals surface area contributed by atoms with Crippen LogP contribution in [0, 0.1) is 27.7 Å². The largest absolute Gasteiger partial charge is 0.483 e. The number of nitrogens with one attached hydrogen (secondary N) is 3. The molecule has 0 bridgehead atoms. The Bertz CT molecular complexity index is 1260. The molecule has 3 aromatic rings. The van der Waals surface area contributed by atoms with Crippen LogP contribution in [-0.2, 0) is 14.4 Å². The fourth-order valence-corrected chi connectivity index (χ4v) is 3.40. The van der Waals surface area contributed by atoms with Gasteiger partial charge in [-0.2, -0.15) is 5.10 Å². The van der Waals surface area contributed by atoms with Crippen molar-refractivity contribution in [2.75, 3.05) is 17.2 Å². The summed E-state index contributed by atoms with van der Waals surface area (Å²) in [6.45, 7) is 7.39. The minimum Gasteiger partial charge on any atom is -0.483 e. The molecule has 0 unspecified atom stereocenters. The van der Waals surface area contributed by atoms with Crippen LogP contribution in [0.3, 0.4) is 0 Å². The monoisotopic (exact) mass is 472 g/mol. The Hall–Kier alpha value is -4.46. The first-order chi connectivity index (χ1) is 16.7. The van der Waals surface area contributed by atoms with Gasteiger partial charge in [-0.25, -0.2) is 5.43 Å². The third kappa shape index (κ3) is 7.01. The number of rotatable bonds is 7. The van der Waals surface area contributed by atoms with E-state index in [9.17, 15) is 14.4 Å². The topological polar surface area (TPSA) is 109 Å². The predicted molar refractivity (Wildman–Crippen MR) is 137 cm³/mol. The van der Waals surface area contributed by atoms with Gasteiger partial charge in [-0.15, -0.1) is 0 Å². The van der Waals surface area contributed by atoms with Gasteiger partial charge in [0.25, 0.3) is 5.91 Å².